The Morgan fingerprint density at radius 2 is 1.24 bits per heavy atom. The second-order valence-corrected chi connectivity index (χ2v) is 8.12. The van der Waals surface area contributed by atoms with Crippen LogP contribution in [0.15, 0.2) is 36.4 Å². The van der Waals surface area contributed by atoms with Gasteiger partial charge < -0.3 is 23.7 Å². The Labute approximate surface area is 200 Å². The molecule has 33 heavy (non-hydrogen) atoms. The Morgan fingerprint density at radius 1 is 0.727 bits per heavy atom. The van der Waals surface area contributed by atoms with Crippen LogP contribution in [-0.2, 0) is 30.2 Å². The number of hydrogen-bond acceptors (Lipinski definition) is 6. The number of carbonyl (C=O) groups excluding carboxylic acids is 1. The first kappa shape index (κ1) is 29.1. The minimum absolute atomic E-state index is 0.219. The van der Waals surface area contributed by atoms with Crippen LogP contribution in [0.3, 0.4) is 0 Å². The van der Waals surface area contributed by atoms with E-state index in [1.54, 1.807) is 6.92 Å². The normalized spacial score (nSPS) is 10.8. The van der Waals surface area contributed by atoms with Crippen molar-refractivity contribution in [2.45, 2.75) is 65.2 Å². The summed E-state index contributed by atoms with van der Waals surface area (Å²) in [5.74, 6) is 0.482. The molecule has 6 nitrogen and oxygen atoms in total. The fourth-order valence-electron chi connectivity index (χ4n) is 3.12. The van der Waals surface area contributed by atoms with Crippen LogP contribution >= 0.6 is 0 Å². The van der Waals surface area contributed by atoms with Crippen molar-refractivity contribution in [3.05, 3.63) is 42.0 Å². The lowest BCUT2D eigenvalue weighted by Gasteiger charge is -2.09. The smallest absolute Gasteiger partial charge is 0.333 e. The molecule has 1 rings (SSSR count). The topological polar surface area (TPSA) is 63.2 Å². The predicted molar refractivity (Wildman–Crippen MR) is 132 cm³/mol. The van der Waals surface area contributed by atoms with Gasteiger partial charge in [0.15, 0.2) is 0 Å². The van der Waals surface area contributed by atoms with Gasteiger partial charge in [-0.2, -0.15) is 0 Å². The maximum absolute atomic E-state index is 11.2. The van der Waals surface area contributed by atoms with Gasteiger partial charge in [0.25, 0.3) is 0 Å². The van der Waals surface area contributed by atoms with Crippen molar-refractivity contribution < 1.29 is 28.5 Å². The first-order valence-electron chi connectivity index (χ1n) is 12.4. The van der Waals surface area contributed by atoms with Gasteiger partial charge in [-0.1, -0.05) is 64.2 Å². The average molecular weight is 465 g/mol. The van der Waals surface area contributed by atoms with E-state index in [-0.39, 0.29) is 6.61 Å². The van der Waals surface area contributed by atoms with Gasteiger partial charge in [-0.15, -0.1) is 0 Å². The maximum Gasteiger partial charge on any atom is 0.333 e. The van der Waals surface area contributed by atoms with E-state index >= 15 is 0 Å². The summed E-state index contributed by atoms with van der Waals surface area (Å²) in [6.07, 6.45) is 10.5. The summed E-state index contributed by atoms with van der Waals surface area (Å²) in [7, 11) is 0. The summed E-state index contributed by atoms with van der Waals surface area (Å²) in [6, 6.07) is 8.40. The van der Waals surface area contributed by atoms with E-state index in [1.165, 1.54) is 50.5 Å². The molecule has 0 saturated heterocycles. The molecular formula is C27H44O6. The van der Waals surface area contributed by atoms with E-state index in [9.17, 15) is 4.79 Å². The number of unbranched alkanes of at least 4 members (excludes halogenated alkanes) is 6. The minimum atomic E-state index is -0.396. The fourth-order valence-corrected chi connectivity index (χ4v) is 3.12. The lowest BCUT2D eigenvalue weighted by Crippen LogP contribution is -2.15. The van der Waals surface area contributed by atoms with E-state index in [4.69, 9.17) is 23.7 Å². The van der Waals surface area contributed by atoms with Crippen LogP contribution in [0.5, 0.6) is 5.75 Å². The SMILES string of the molecule is C=C(C)C(=O)OCCOCCOCCOCCOc1ccc(CCCCCCCCC)cc1. The molecule has 0 spiro atoms. The van der Waals surface area contributed by atoms with Crippen LogP contribution in [0.25, 0.3) is 0 Å². The summed E-state index contributed by atoms with van der Waals surface area (Å²) in [5.41, 5.74) is 1.76. The summed E-state index contributed by atoms with van der Waals surface area (Å²) >= 11 is 0. The molecule has 0 aliphatic rings. The van der Waals surface area contributed by atoms with Crippen molar-refractivity contribution in [3.63, 3.8) is 0 Å². The Morgan fingerprint density at radius 3 is 1.82 bits per heavy atom. The molecule has 0 fully saturated rings. The summed E-state index contributed by atoms with van der Waals surface area (Å²) < 4.78 is 26.9. The zero-order valence-corrected chi connectivity index (χ0v) is 20.8. The quantitative estimate of drug-likeness (QED) is 0.128. The van der Waals surface area contributed by atoms with Crippen molar-refractivity contribution in [3.8, 4) is 5.75 Å². The van der Waals surface area contributed by atoms with E-state index < -0.39 is 5.97 Å². The van der Waals surface area contributed by atoms with Gasteiger partial charge in [-0.05, 0) is 37.5 Å². The van der Waals surface area contributed by atoms with Crippen molar-refractivity contribution in [2.24, 2.45) is 0 Å². The molecule has 0 radical (unpaired) electrons. The number of hydrogen-bond donors (Lipinski definition) is 0. The Balaban J connectivity index is 1.88. The first-order valence-corrected chi connectivity index (χ1v) is 12.4. The Hall–Kier alpha value is -1.89. The molecule has 0 aliphatic heterocycles. The molecule has 0 atom stereocenters. The molecule has 0 amide bonds. The number of aryl methyl sites for hydroxylation is 1. The van der Waals surface area contributed by atoms with Crippen LogP contribution in [-0.4, -0.2) is 58.8 Å². The van der Waals surface area contributed by atoms with Crippen molar-refractivity contribution in [1.82, 2.24) is 0 Å². The van der Waals surface area contributed by atoms with Gasteiger partial charge in [0.2, 0.25) is 0 Å². The second-order valence-electron chi connectivity index (χ2n) is 8.12. The number of esters is 1. The van der Waals surface area contributed by atoms with E-state index in [1.807, 2.05) is 12.1 Å². The third kappa shape index (κ3) is 17.3. The largest absolute Gasteiger partial charge is 0.491 e. The standard InChI is InChI=1S/C27H44O6/c1-4-5-6-7-8-9-10-11-25-12-14-26(15-13-25)32-22-20-30-18-16-29-17-19-31-21-23-33-27(28)24(2)3/h12-15H,2,4-11,16-23H2,1,3H3. The molecule has 0 heterocycles. The minimum Gasteiger partial charge on any atom is -0.491 e. The van der Waals surface area contributed by atoms with Gasteiger partial charge in [-0.25, -0.2) is 4.79 Å². The fraction of sp³-hybridized carbons (Fsp3) is 0.667. The molecular weight excluding hydrogens is 420 g/mol. The van der Waals surface area contributed by atoms with Crippen molar-refractivity contribution in [1.29, 1.82) is 0 Å². The molecule has 6 heteroatoms. The third-order valence-electron chi connectivity index (χ3n) is 5.04. The highest BCUT2D eigenvalue weighted by molar-refractivity contribution is 5.86. The van der Waals surface area contributed by atoms with E-state index in [0.717, 1.165) is 12.2 Å². The van der Waals surface area contributed by atoms with Gasteiger partial charge in [-0.3, -0.25) is 0 Å². The Bertz CT molecular complexity index is 614. The first-order chi connectivity index (χ1) is 16.1. The predicted octanol–water partition coefficient (Wildman–Crippen LogP) is 5.53. The molecule has 0 bridgehead atoms. The third-order valence-corrected chi connectivity index (χ3v) is 5.04. The molecule has 0 aromatic heterocycles. The van der Waals surface area contributed by atoms with Gasteiger partial charge in [0, 0.05) is 5.57 Å². The zero-order chi connectivity index (χ0) is 24.0. The van der Waals surface area contributed by atoms with Crippen LogP contribution in [0, 0.1) is 0 Å². The lowest BCUT2D eigenvalue weighted by molar-refractivity contribution is -0.140. The number of carbonyl (C=O) groups is 1. The number of benzene rings is 1. The van der Waals surface area contributed by atoms with E-state index in [0.29, 0.717) is 51.8 Å². The maximum atomic E-state index is 11.2. The number of ether oxygens (including phenoxy) is 5. The van der Waals surface area contributed by atoms with Crippen LogP contribution in [0.1, 0.15) is 64.4 Å². The molecule has 0 aliphatic carbocycles. The van der Waals surface area contributed by atoms with Gasteiger partial charge >= 0.3 is 5.97 Å². The van der Waals surface area contributed by atoms with Crippen molar-refractivity contribution >= 4 is 5.97 Å². The van der Waals surface area contributed by atoms with Crippen LogP contribution < -0.4 is 4.74 Å². The molecule has 1 aromatic rings. The highest BCUT2D eigenvalue weighted by Gasteiger charge is 2.02. The number of rotatable bonds is 22. The monoisotopic (exact) mass is 464 g/mol. The van der Waals surface area contributed by atoms with Crippen LogP contribution in [0.2, 0.25) is 0 Å². The molecule has 0 saturated carbocycles. The molecule has 0 N–H and O–H groups in total. The second kappa shape index (κ2) is 20.7. The summed E-state index contributed by atoms with van der Waals surface area (Å²) in [6.45, 7) is 10.9. The van der Waals surface area contributed by atoms with Gasteiger partial charge in [0.05, 0.1) is 39.6 Å². The molecule has 1 aromatic carbocycles. The zero-order valence-electron chi connectivity index (χ0n) is 20.8. The van der Waals surface area contributed by atoms with Gasteiger partial charge in [0.1, 0.15) is 19.0 Å². The Kier molecular flexibility index (Phi) is 18.3. The lowest BCUT2D eigenvalue weighted by atomic mass is 10.0. The molecule has 0 unspecified atom stereocenters. The van der Waals surface area contributed by atoms with E-state index in [2.05, 4.69) is 25.6 Å². The van der Waals surface area contributed by atoms with Crippen LogP contribution in [0.4, 0.5) is 0 Å². The highest BCUT2D eigenvalue weighted by Crippen LogP contribution is 2.15. The highest BCUT2D eigenvalue weighted by atomic mass is 16.6. The average Bonchev–Trinajstić information content (AvgIpc) is 2.82. The summed E-state index contributed by atoms with van der Waals surface area (Å²) in [4.78, 5) is 11.2. The van der Waals surface area contributed by atoms with Crippen molar-refractivity contribution in [2.75, 3.05) is 52.9 Å². The summed E-state index contributed by atoms with van der Waals surface area (Å²) in [5, 5.41) is 0. The molecule has 188 valence electrons.